The summed E-state index contributed by atoms with van der Waals surface area (Å²) in [5, 5.41) is 22.4. The molecule has 0 spiro atoms. The lowest BCUT2D eigenvalue weighted by molar-refractivity contribution is -0.00000886. The Bertz CT molecular complexity index is 1400. The quantitative estimate of drug-likeness (QED) is 0.244. The van der Waals surface area contributed by atoms with E-state index in [4.69, 9.17) is 0 Å². The fourth-order valence-electron chi connectivity index (χ4n) is 4.37. The predicted molar refractivity (Wildman–Crippen MR) is 143 cm³/mol. The molecule has 0 radical (unpaired) electrons. The molecule has 0 saturated heterocycles. The van der Waals surface area contributed by atoms with Crippen LogP contribution in [-0.2, 0) is 0 Å². The van der Waals surface area contributed by atoms with Gasteiger partial charge in [-0.3, -0.25) is 0 Å². The van der Waals surface area contributed by atoms with Gasteiger partial charge in [-0.1, -0.05) is 66.7 Å². The number of hydrogen-bond acceptors (Lipinski definition) is 3. The lowest BCUT2D eigenvalue weighted by Crippen LogP contribution is -3.00. The zero-order chi connectivity index (χ0) is 25.0. The van der Waals surface area contributed by atoms with Crippen LogP contribution in [0.5, 0.6) is 5.75 Å². The Morgan fingerprint density at radius 3 is 1.41 bits per heavy atom. The molecule has 184 valence electrons. The van der Waals surface area contributed by atoms with E-state index in [1.54, 1.807) is 0 Å². The highest BCUT2D eigenvalue weighted by molar-refractivity contribution is 8.01. The minimum absolute atomic E-state index is 0. The number of aromatic hydroxyl groups is 1. The van der Waals surface area contributed by atoms with Crippen molar-refractivity contribution in [1.29, 1.82) is 0 Å². The van der Waals surface area contributed by atoms with Crippen molar-refractivity contribution in [2.24, 2.45) is 10.2 Å². The maximum atomic E-state index is 13.9. The summed E-state index contributed by atoms with van der Waals surface area (Å²) in [5.41, 5.74) is 0.567. The van der Waals surface area contributed by atoms with Crippen molar-refractivity contribution in [3.63, 3.8) is 0 Å². The van der Waals surface area contributed by atoms with Crippen LogP contribution in [0.4, 0.5) is 20.2 Å². The van der Waals surface area contributed by atoms with Gasteiger partial charge in [0.05, 0.1) is 5.69 Å². The molecule has 0 aliphatic heterocycles. The number of nitrogens with zero attached hydrogens (tertiary/aromatic N) is 2. The smallest absolute Gasteiger partial charge is 0.187 e. The van der Waals surface area contributed by atoms with E-state index < -0.39 is 24.6 Å². The van der Waals surface area contributed by atoms with Crippen molar-refractivity contribution >= 4 is 39.9 Å². The molecule has 1 N–H and O–H groups in total. The molecule has 5 aromatic rings. The van der Waals surface area contributed by atoms with E-state index >= 15 is 0 Å². The second kappa shape index (κ2) is 11.5. The van der Waals surface area contributed by atoms with Gasteiger partial charge in [-0.2, -0.15) is 5.11 Å². The molecule has 5 rings (SSSR count). The van der Waals surface area contributed by atoms with Gasteiger partial charge in [-0.15, -0.1) is 5.11 Å². The normalized spacial score (nSPS) is 11.3. The number of azo groups is 1. The first-order chi connectivity index (χ1) is 17.6. The third-order valence-electron chi connectivity index (χ3n) is 5.95. The molecule has 0 unspecified atom stereocenters. The molecule has 37 heavy (non-hydrogen) atoms. The van der Waals surface area contributed by atoms with E-state index in [9.17, 15) is 13.9 Å². The molecular formula is C30H22BrF2N2OP. The number of phenols is 1. The van der Waals surface area contributed by atoms with E-state index in [0.717, 1.165) is 33.4 Å². The topological polar surface area (TPSA) is 45.0 Å². The van der Waals surface area contributed by atoms with Crippen LogP contribution in [0, 0.1) is 11.6 Å². The van der Waals surface area contributed by atoms with Crippen molar-refractivity contribution in [1.82, 2.24) is 0 Å². The number of benzene rings is 5. The van der Waals surface area contributed by atoms with E-state index in [1.165, 1.54) is 0 Å². The van der Waals surface area contributed by atoms with Crippen molar-refractivity contribution in [3.8, 4) is 5.75 Å². The van der Waals surface area contributed by atoms with E-state index in [0.29, 0.717) is 5.69 Å². The first-order valence-electron chi connectivity index (χ1n) is 11.4. The van der Waals surface area contributed by atoms with Gasteiger partial charge in [0.2, 0.25) is 0 Å². The lowest BCUT2D eigenvalue weighted by Gasteiger charge is -2.28. The highest BCUT2D eigenvalue weighted by atomic mass is 79.9. The molecule has 0 fully saturated rings. The molecule has 0 heterocycles. The highest BCUT2D eigenvalue weighted by Crippen LogP contribution is 2.56. The third-order valence-corrected chi connectivity index (χ3v) is 10.3. The molecule has 5 aromatic carbocycles. The Labute approximate surface area is 225 Å². The number of hydrogen-bond donors (Lipinski definition) is 1. The molecule has 0 amide bonds. The summed E-state index contributed by atoms with van der Waals surface area (Å²) < 4.78 is 27.8. The minimum Gasteiger partial charge on any atom is -1.00 e. The van der Waals surface area contributed by atoms with Gasteiger partial charge in [-0.25, -0.2) is 8.78 Å². The van der Waals surface area contributed by atoms with Gasteiger partial charge in [-0.05, 0) is 48.5 Å². The average molecular weight is 575 g/mol. The molecular weight excluding hydrogens is 553 g/mol. The summed E-state index contributed by atoms with van der Waals surface area (Å²) in [5.74, 6) is -3.20. The van der Waals surface area contributed by atoms with Crippen molar-refractivity contribution in [2.45, 2.75) is 0 Å². The van der Waals surface area contributed by atoms with E-state index in [2.05, 4.69) is 46.6 Å². The van der Waals surface area contributed by atoms with Crippen LogP contribution in [-0.4, -0.2) is 5.11 Å². The average Bonchev–Trinajstić information content (AvgIpc) is 2.93. The zero-order valence-electron chi connectivity index (χ0n) is 19.5. The fourth-order valence-corrected chi connectivity index (χ4v) is 8.73. The van der Waals surface area contributed by atoms with Crippen LogP contribution < -0.4 is 38.2 Å². The Morgan fingerprint density at radius 2 is 0.946 bits per heavy atom. The van der Waals surface area contributed by atoms with Crippen molar-refractivity contribution < 1.29 is 30.9 Å². The van der Waals surface area contributed by atoms with Crippen LogP contribution >= 0.6 is 7.26 Å². The first kappa shape index (κ1) is 26.3. The zero-order valence-corrected chi connectivity index (χ0v) is 22.0. The SMILES string of the molecule is Oc1c(F)cc(N=Nc2ccccc2[P+](c2ccccc2)(c2ccccc2)c2ccccc2)cc1F.[Br-]. The van der Waals surface area contributed by atoms with Gasteiger partial charge in [0.1, 0.15) is 34.2 Å². The first-order valence-corrected chi connectivity index (χ1v) is 13.1. The summed E-state index contributed by atoms with van der Waals surface area (Å²) in [7, 11) is -2.43. The number of rotatable bonds is 6. The second-order valence-corrected chi connectivity index (χ2v) is 11.5. The van der Waals surface area contributed by atoms with Gasteiger partial charge >= 0.3 is 0 Å². The summed E-state index contributed by atoms with van der Waals surface area (Å²) >= 11 is 0. The Balaban J connectivity index is 0.00000320. The van der Waals surface area contributed by atoms with E-state index in [1.807, 2.05) is 78.9 Å². The molecule has 0 aromatic heterocycles. The lowest BCUT2D eigenvalue weighted by atomic mass is 10.3. The predicted octanol–water partition coefficient (Wildman–Crippen LogP) is 3.71. The van der Waals surface area contributed by atoms with Crippen LogP contribution in [0.15, 0.2) is 138 Å². The van der Waals surface area contributed by atoms with Crippen LogP contribution in [0.1, 0.15) is 0 Å². The molecule has 0 aliphatic rings. The minimum atomic E-state index is -2.43. The van der Waals surface area contributed by atoms with Gasteiger partial charge in [0.25, 0.3) is 0 Å². The molecule has 0 aliphatic carbocycles. The summed E-state index contributed by atoms with van der Waals surface area (Å²) in [6.45, 7) is 0. The summed E-state index contributed by atoms with van der Waals surface area (Å²) in [4.78, 5) is 0. The third kappa shape index (κ3) is 5.08. The number of phenolic OH excluding ortho intramolecular Hbond substituents is 1. The van der Waals surface area contributed by atoms with Crippen LogP contribution in [0.25, 0.3) is 0 Å². The van der Waals surface area contributed by atoms with E-state index in [-0.39, 0.29) is 22.7 Å². The monoisotopic (exact) mass is 574 g/mol. The second-order valence-electron chi connectivity index (χ2n) is 8.12. The standard InChI is InChI=1S/C30H21F2N2OP.BrH/c31-26-20-22(21-27(32)30(26)35)33-34-28-18-10-11-19-29(28)36(23-12-4-1-5-13-23,24-14-6-2-7-15-24)25-16-8-3-9-17-25;/h1-21H;1H. The number of halogens is 3. The largest absolute Gasteiger partial charge is 1.00 e. The van der Waals surface area contributed by atoms with Gasteiger partial charge in [0, 0.05) is 12.1 Å². The van der Waals surface area contributed by atoms with Crippen LogP contribution in [0.2, 0.25) is 0 Å². The molecule has 3 nitrogen and oxygen atoms in total. The maximum absolute atomic E-state index is 13.9. The molecule has 0 bridgehead atoms. The molecule has 0 atom stereocenters. The van der Waals surface area contributed by atoms with Crippen molar-refractivity contribution in [3.05, 3.63) is 139 Å². The summed E-state index contributed by atoms with van der Waals surface area (Å²) in [6.07, 6.45) is 0. The Kier molecular flexibility index (Phi) is 8.22. The Morgan fingerprint density at radius 1 is 0.541 bits per heavy atom. The Hall–Kier alpha value is -3.73. The van der Waals surface area contributed by atoms with Crippen molar-refractivity contribution in [2.75, 3.05) is 0 Å². The highest BCUT2D eigenvalue weighted by Gasteiger charge is 2.49. The molecule has 0 saturated carbocycles. The van der Waals surface area contributed by atoms with Crippen LogP contribution in [0.3, 0.4) is 0 Å². The fraction of sp³-hybridized carbons (Fsp3) is 0. The summed E-state index contributed by atoms with van der Waals surface area (Å²) in [6, 6.07) is 40.6. The van der Waals surface area contributed by atoms with Gasteiger partial charge in [0.15, 0.2) is 17.4 Å². The van der Waals surface area contributed by atoms with Gasteiger partial charge < -0.3 is 22.1 Å². The molecule has 7 heteroatoms. The maximum Gasteiger partial charge on any atom is 0.187 e.